The highest BCUT2D eigenvalue weighted by atomic mass is 32.2. The van der Waals surface area contributed by atoms with Gasteiger partial charge in [0.25, 0.3) is 21.6 Å². The van der Waals surface area contributed by atoms with E-state index in [0.29, 0.717) is 41.9 Å². The summed E-state index contributed by atoms with van der Waals surface area (Å²) >= 11 is 0. The van der Waals surface area contributed by atoms with Crippen molar-refractivity contribution in [2.24, 2.45) is 28.6 Å². The summed E-state index contributed by atoms with van der Waals surface area (Å²) in [6.07, 6.45) is 11.9. The maximum absolute atomic E-state index is 14.8. The number of methoxy groups -OCH3 is 1. The van der Waals surface area contributed by atoms with Crippen LogP contribution in [-0.4, -0.2) is 91.4 Å². The average molecular weight is 1040 g/mol. The van der Waals surface area contributed by atoms with Crippen molar-refractivity contribution < 1.29 is 32.0 Å². The van der Waals surface area contributed by atoms with Gasteiger partial charge in [-0.25, -0.2) is 22.5 Å². The lowest BCUT2D eigenvalue weighted by atomic mass is 9.49. The highest BCUT2D eigenvalue weighted by Crippen LogP contribution is 2.60. The summed E-state index contributed by atoms with van der Waals surface area (Å²) in [5.74, 6) is 2.03. The zero-order chi connectivity index (χ0) is 51.8. The van der Waals surface area contributed by atoms with Gasteiger partial charge in [-0.1, -0.05) is 50.2 Å². The van der Waals surface area contributed by atoms with Crippen molar-refractivity contribution in [1.82, 2.24) is 24.5 Å². The summed E-state index contributed by atoms with van der Waals surface area (Å²) in [4.78, 5) is 40.2. The first kappa shape index (κ1) is 49.3. The van der Waals surface area contributed by atoms with Gasteiger partial charge in [-0.2, -0.15) is 0 Å². The number of fused-ring (bicyclic) bond motifs is 1. The summed E-state index contributed by atoms with van der Waals surface area (Å²) < 4.78 is 56.6. The van der Waals surface area contributed by atoms with Crippen LogP contribution in [0.4, 0.5) is 21.5 Å². The molecule has 13 rings (SSSR count). The van der Waals surface area contributed by atoms with Crippen molar-refractivity contribution in [1.29, 1.82) is 0 Å². The molecule has 17 heteroatoms. The number of rotatable bonds is 16. The number of sulfonamides is 1. The van der Waals surface area contributed by atoms with E-state index in [2.05, 4.69) is 85.0 Å². The second kappa shape index (κ2) is 19.2. The van der Waals surface area contributed by atoms with Gasteiger partial charge in [0.15, 0.2) is 0 Å². The molecule has 7 fully saturated rings. The quantitative estimate of drug-likeness (QED) is 0.0619. The van der Waals surface area contributed by atoms with E-state index in [1.165, 1.54) is 72.6 Å². The van der Waals surface area contributed by atoms with E-state index in [0.717, 1.165) is 88.9 Å². The zero-order valence-corrected chi connectivity index (χ0v) is 43.6. The lowest BCUT2D eigenvalue weighted by molar-refractivity contribution is -0.384. The number of hydrogen-bond acceptors (Lipinski definition) is 12. The number of halogens is 1. The van der Waals surface area contributed by atoms with Gasteiger partial charge >= 0.3 is 0 Å². The SMILES string of the molecule is COc1ccc(CN2CCN(C3CC4(C3)CN(c3ccc(C(=O)NS(=O)(=O)c5ccc(NCC67CC8CC(CC(C8)C6)C7)c([N+](=O)[O-])c5)c(Oc5cnc6[nH]cc(F)c6c5)c3)C4)[C@H](c3ccccc3C(C)C)C2)cc1. The monoisotopic (exact) mass is 1040 g/mol. The van der Waals surface area contributed by atoms with Crippen LogP contribution in [0.15, 0.2) is 108 Å². The van der Waals surface area contributed by atoms with E-state index >= 15 is 0 Å². The Kier molecular flexibility index (Phi) is 12.6. The Hall–Kier alpha value is -6.56. The number of piperazine rings is 1. The Balaban J connectivity index is 0.752. The van der Waals surface area contributed by atoms with E-state index in [1.807, 2.05) is 12.1 Å². The molecule has 15 nitrogen and oxygen atoms in total. The van der Waals surface area contributed by atoms with Crippen molar-refractivity contribution in [2.75, 3.05) is 56.6 Å². The van der Waals surface area contributed by atoms with Gasteiger partial charge in [0.1, 0.15) is 34.4 Å². The first-order valence-electron chi connectivity index (χ1n) is 26.6. The average Bonchev–Trinajstić information content (AvgIpc) is 3.75. The summed E-state index contributed by atoms with van der Waals surface area (Å²) in [5, 5.41) is 16.0. The number of anilines is 2. The van der Waals surface area contributed by atoms with Crippen LogP contribution >= 0.6 is 0 Å². The minimum absolute atomic E-state index is 0.0408. The van der Waals surface area contributed by atoms with Crippen LogP contribution in [0.5, 0.6) is 17.2 Å². The molecule has 4 bridgehead atoms. The molecule has 1 atom stereocenters. The topological polar surface area (TPSA) is 175 Å². The molecule has 2 aromatic heterocycles. The number of benzene rings is 4. The van der Waals surface area contributed by atoms with Crippen molar-refractivity contribution in [2.45, 2.75) is 94.7 Å². The first-order valence-corrected chi connectivity index (χ1v) is 28.1. The van der Waals surface area contributed by atoms with Crippen LogP contribution in [-0.2, 0) is 16.6 Å². The third kappa shape index (κ3) is 9.60. The van der Waals surface area contributed by atoms with Gasteiger partial charge in [0.2, 0.25) is 0 Å². The van der Waals surface area contributed by atoms with E-state index in [9.17, 15) is 27.7 Å². The molecular formula is C58H65FN8O7S. The number of hydrogen-bond donors (Lipinski definition) is 3. The molecule has 0 unspecified atom stereocenters. The maximum atomic E-state index is 14.8. The van der Waals surface area contributed by atoms with Crippen LogP contribution in [0.1, 0.15) is 104 Å². The van der Waals surface area contributed by atoms with Crippen molar-refractivity contribution in [3.05, 3.63) is 142 Å². The molecule has 392 valence electrons. The Morgan fingerprint density at radius 1 is 0.920 bits per heavy atom. The number of ether oxygens (including phenoxy) is 2. The number of pyridine rings is 1. The van der Waals surface area contributed by atoms with Crippen molar-refractivity contribution >= 4 is 44.0 Å². The second-order valence-corrected chi connectivity index (χ2v) is 24.8. The number of carbonyl (C=O) groups is 1. The smallest absolute Gasteiger partial charge is 0.293 e. The molecule has 2 saturated heterocycles. The second-order valence-electron chi connectivity index (χ2n) is 23.2. The summed E-state index contributed by atoms with van der Waals surface area (Å²) in [7, 11) is -2.93. The number of nitro groups is 1. The third-order valence-corrected chi connectivity index (χ3v) is 19.0. The third-order valence-electron chi connectivity index (χ3n) is 17.7. The number of nitrogens with zero attached hydrogens (tertiary/aromatic N) is 5. The number of H-pyrrole nitrogens is 1. The molecule has 1 spiro atoms. The normalized spacial score (nSPS) is 24.3. The van der Waals surface area contributed by atoms with Crippen LogP contribution in [0.2, 0.25) is 0 Å². The summed E-state index contributed by atoms with van der Waals surface area (Å²) in [6, 6.07) is 28.1. The Morgan fingerprint density at radius 3 is 2.36 bits per heavy atom. The van der Waals surface area contributed by atoms with Gasteiger partial charge < -0.3 is 24.7 Å². The van der Waals surface area contributed by atoms with E-state index in [4.69, 9.17) is 9.47 Å². The van der Waals surface area contributed by atoms with E-state index < -0.39 is 31.6 Å². The molecule has 3 N–H and O–H groups in total. The van der Waals surface area contributed by atoms with Gasteiger partial charge in [-0.3, -0.25) is 24.7 Å². The summed E-state index contributed by atoms with van der Waals surface area (Å²) in [5.41, 5.74) is 5.12. The van der Waals surface area contributed by atoms with Crippen molar-refractivity contribution in [3.63, 3.8) is 0 Å². The van der Waals surface area contributed by atoms with Crippen molar-refractivity contribution in [3.8, 4) is 17.2 Å². The lowest BCUT2D eigenvalue weighted by Gasteiger charge is -2.63. The largest absolute Gasteiger partial charge is 0.497 e. The first-order chi connectivity index (χ1) is 36.1. The number of aromatic amines is 1. The van der Waals surface area contributed by atoms with Crippen LogP contribution < -0.4 is 24.4 Å². The molecule has 7 aliphatic rings. The molecule has 6 aromatic rings. The van der Waals surface area contributed by atoms with E-state index in [1.54, 1.807) is 19.2 Å². The van der Waals surface area contributed by atoms with Crippen LogP contribution in [0.3, 0.4) is 0 Å². The number of nitrogens with one attached hydrogen (secondary N) is 3. The van der Waals surface area contributed by atoms with Crippen LogP contribution in [0, 0.1) is 44.5 Å². The molecule has 0 radical (unpaired) electrons. The molecular weight excluding hydrogens is 972 g/mol. The highest BCUT2D eigenvalue weighted by Gasteiger charge is 2.55. The van der Waals surface area contributed by atoms with Gasteiger partial charge in [-0.05, 0) is 140 Å². The Bertz CT molecular complexity index is 3240. The highest BCUT2D eigenvalue weighted by molar-refractivity contribution is 7.90. The number of aromatic nitrogens is 2. The molecule has 1 amide bonds. The molecule has 4 heterocycles. The standard InChI is InChI=1S/C58H65FN8O7S/c1-36(2)46-6-4-5-7-47(46)53-32-64(31-37-8-11-43(73-3)12-9-37)16-17-66(53)42-27-58(28-42)34-65(35-58)41-10-14-48(54(21-41)74-44-22-49-50(59)30-61-55(49)60-29-44)56(68)63-75(71,72)45-13-15-51(52(23-45)67(69)70)62-33-57-24-38-18-39(25-57)20-40(19-38)26-57/h4-15,21-23,29-30,36,38-40,42,53,62H,16-20,24-28,31-35H2,1-3H3,(H,60,61)(H,63,68)/t38?,39?,40?,53-,57?/m0/s1. The number of nitro benzene ring substituents is 1. The van der Waals surface area contributed by atoms with E-state index in [-0.39, 0.29) is 50.7 Å². The Morgan fingerprint density at radius 2 is 1.65 bits per heavy atom. The molecule has 2 aliphatic heterocycles. The zero-order valence-electron chi connectivity index (χ0n) is 42.8. The predicted octanol–water partition coefficient (Wildman–Crippen LogP) is 10.8. The molecule has 75 heavy (non-hydrogen) atoms. The van der Waals surface area contributed by atoms with Gasteiger partial charge in [-0.15, -0.1) is 0 Å². The van der Waals surface area contributed by atoms with Gasteiger partial charge in [0, 0.05) is 87.3 Å². The fourth-order valence-electron chi connectivity index (χ4n) is 14.5. The lowest BCUT2D eigenvalue weighted by Crippen LogP contribution is -2.68. The number of amides is 1. The molecule has 4 aromatic carbocycles. The van der Waals surface area contributed by atoms with Gasteiger partial charge in [0.05, 0.1) is 34.1 Å². The number of carbonyl (C=O) groups excluding carboxylic acids is 1. The summed E-state index contributed by atoms with van der Waals surface area (Å²) in [6.45, 7) is 10.5. The minimum Gasteiger partial charge on any atom is -0.497 e. The fraction of sp³-hybridized carbons (Fsp3) is 0.448. The fourth-order valence-corrected chi connectivity index (χ4v) is 15.5. The maximum Gasteiger partial charge on any atom is 0.293 e. The van der Waals surface area contributed by atoms with Crippen LogP contribution in [0.25, 0.3) is 11.0 Å². The predicted molar refractivity (Wildman–Crippen MR) is 285 cm³/mol. The minimum atomic E-state index is -4.62. The molecule has 5 saturated carbocycles. The Labute approximate surface area is 437 Å². The molecule has 5 aliphatic carbocycles.